The summed E-state index contributed by atoms with van der Waals surface area (Å²) in [5.74, 6) is 0.677. The normalized spacial score (nSPS) is 11.2. The minimum Gasteiger partial charge on any atom is -0.497 e. The number of aryl methyl sites for hydroxylation is 1. The molecule has 0 bridgehead atoms. The smallest absolute Gasteiger partial charge is 0.263 e. The second-order valence-electron chi connectivity index (χ2n) is 10.2. The summed E-state index contributed by atoms with van der Waals surface area (Å²) >= 11 is 0. The molecule has 4 N–H and O–H groups in total. The van der Waals surface area contributed by atoms with Crippen molar-refractivity contribution >= 4 is 55.7 Å². The van der Waals surface area contributed by atoms with Gasteiger partial charge in [0.25, 0.3) is 10.0 Å². The second kappa shape index (κ2) is 13.5. The largest absolute Gasteiger partial charge is 0.497 e. The van der Waals surface area contributed by atoms with Crippen molar-refractivity contribution in [3.05, 3.63) is 96.6 Å². The molecule has 0 unspecified atom stereocenters. The zero-order valence-corrected chi connectivity index (χ0v) is 26.0. The molecule has 0 aliphatic carbocycles. The van der Waals surface area contributed by atoms with E-state index in [0.29, 0.717) is 33.9 Å². The third kappa shape index (κ3) is 7.24. The Kier molecular flexibility index (Phi) is 9.33. The molecule has 4 aromatic carbocycles. The fraction of sp³-hybridized carbons (Fsp3) is 0.182. The van der Waals surface area contributed by atoms with Crippen LogP contribution < -0.4 is 30.1 Å². The highest BCUT2D eigenvalue weighted by Crippen LogP contribution is 2.33. The SMILES string of the molecule is CCCc1ccccc1N(CC(N)=O)c1cccc(S(=O)(=O)Nc2nc3ccccc3nc2Nc2cc(OC)cc(OC)c2)c1. The van der Waals surface area contributed by atoms with E-state index in [0.717, 1.165) is 24.1 Å². The number of amides is 1. The highest BCUT2D eigenvalue weighted by molar-refractivity contribution is 7.92. The lowest BCUT2D eigenvalue weighted by Crippen LogP contribution is -2.31. The maximum Gasteiger partial charge on any atom is 0.263 e. The number of aromatic nitrogens is 2. The topological polar surface area (TPSA) is 149 Å². The van der Waals surface area contributed by atoms with Crippen molar-refractivity contribution in [3.63, 3.8) is 0 Å². The number of nitrogens with zero attached hydrogens (tertiary/aromatic N) is 3. The first-order valence-corrected chi connectivity index (χ1v) is 15.7. The molecule has 45 heavy (non-hydrogen) atoms. The molecule has 232 valence electrons. The monoisotopic (exact) mass is 626 g/mol. The van der Waals surface area contributed by atoms with Gasteiger partial charge in [0, 0.05) is 35.3 Å². The third-order valence-corrected chi connectivity index (χ3v) is 8.31. The number of fused-ring (bicyclic) bond motifs is 1. The molecule has 0 spiro atoms. The third-order valence-electron chi connectivity index (χ3n) is 6.97. The first kappa shape index (κ1) is 31.1. The van der Waals surface area contributed by atoms with Gasteiger partial charge in [0.15, 0.2) is 11.6 Å². The average Bonchev–Trinajstić information content (AvgIpc) is 3.04. The molecule has 12 heteroatoms. The number of rotatable bonds is 13. The van der Waals surface area contributed by atoms with Crippen LogP contribution in [0.1, 0.15) is 18.9 Å². The van der Waals surface area contributed by atoms with Crippen LogP contribution in [-0.2, 0) is 21.2 Å². The van der Waals surface area contributed by atoms with Gasteiger partial charge in [0.05, 0.1) is 30.1 Å². The van der Waals surface area contributed by atoms with E-state index in [1.165, 1.54) is 26.4 Å². The van der Waals surface area contributed by atoms with E-state index in [4.69, 9.17) is 15.2 Å². The van der Waals surface area contributed by atoms with Gasteiger partial charge in [0.1, 0.15) is 18.0 Å². The summed E-state index contributed by atoms with van der Waals surface area (Å²) in [6.45, 7) is 1.93. The van der Waals surface area contributed by atoms with Crippen LogP contribution in [0.25, 0.3) is 11.0 Å². The number of nitrogens with two attached hydrogens (primary N) is 1. The Labute approximate surface area is 262 Å². The van der Waals surface area contributed by atoms with Crippen LogP contribution in [0.3, 0.4) is 0 Å². The lowest BCUT2D eigenvalue weighted by molar-refractivity contribution is -0.116. The Morgan fingerprint density at radius 3 is 2.13 bits per heavy atom. The number of carbonyl (C=O) groups is 1. The Hall–Kier alpha value is -5.36. The highest BCUT2D eigenvalue weighted by Gasteiger charge is 2.22. The van der Waals surface area contributed by atoms with Crippen LogP contribution in [0.2, 0.25) is 0 Å². The number of primary amides is 1. The van der Waals surface area contributed by atoms with Gasteiger partial charge in [-0.1, -0.05) is 49.7 Å². The molecule has 0 fully saturated rings. The molecule has 0 aliphatic heterocycles. The summed E-state index contributed by atoms with van der Waals surface area (Å²) in [5, 5.41) is 3.16. The molecule has 0 saturated carbocycles. The zero-order chi connectivity index (χ0) is 32.0. The average molecular weight is 627 g/mol. The van der Waals surface area contributed by atoms with Crippen LogP contribution in [0.4, 0.5) is 28.7 Å². The molecule has 5 rings (SSSR count). The van der Waals surface area contributed by atoms with Crippen molar-refractivity contribution in [2.45, 2.75) is 24.7 Å². The van der Waals surface area contributed by atoms with E-state index < -0.39 is 15.9 Å². The molecular weight excluding hydrogens is 592 g/mol. The second-order valence-corrected chi connectivity index (χ2v) is 11.9. The van der Waals surface area contributed by atoms with Crippen LogP contribution in [-0.4, -0.2) is 45.1 Å². The van der Waals surface area contributed by atoms with E-state index in [1.54, 1.807) is 53.4 Å². The maximum absolute atomic E-state index is 13.9. The number of anilines is 5. The van der Waals surface area contributed by atoms with Gasteiger partial charge < -0.3 is 25.4 Å². The lowest BCUT2D eigenvalue weighted by Gasteiger charge is -2.26. The van der Waals surface area contributed by atoms with Crippen molar-refractivity contribution in [1.29, 1.82) is 0 Å². The van der Waals surface area contributed by atoms with Crippen molar-refractivity contribution < 1.29 is 22.7 Å². The van der Waals surface area contributed by atoms with Gasteiger partial charge in [-0.15, -0.1) is 0 Å². The van der Waals surface area contributed by atoms with Crippen LogP contribution >= 0.6 is 0 Å². The number of hydrogen-bond acceptors (Lipinski definition) is 9. The predicted octanol–water partition coefficient (Wildman–Crippen LogP) is 5.77. The van der Waals surface area contributed by atoms with E-state index >= 15 is 0 Å². The molecule has 1 aromatic heterocycles. The molecular formula is C33H34N6O5S. The van der Waals surface area contributed by atoms with Crippen LogP contribution in [0.15, 0.2) is 95.9 Å². The van der Waals surface area contributed by atoms with Gasteiger partial charge in [-0.25, -0.2) is 18.4 Å². The quantitative estimate of drug-likeness (QED) is 0.148. The number of ether oxygens (including phenoxy) is 2. The Bertz CT molecular complexity index is 1930. The molecule has 1 amide bonds. The van der Waals surface area contributed by atoms with Gasteiger partial charge in [-0.2, -0.15) is 0 Å². The van der Waals surface area contributed by atoms with Gasteiger partial charge in [-0.3, -0.25) is 9.52 Å². The summed E-state index contributed by atoms with van der Waals surface area (Å²) in [7, 11) is -1.12. The molecule has 1 heterocycles. The zero-order valence-electron chi connectivity index (χ0n) is 25.2. The van der Waals surface area contributed by atoms with E-state index in [1.807, 2.05) is 30.3 Å². The molecule has 0 aliphatic rings. The van der Waals surface area contributed by atoms with Crippen molar-refractivity contribution in [2.24, 2.45) is 5.73 Å². The Morgan fingerprint density at radius 1 is 0.844 bits per heavy atom. The number of sulfonamides is 1. The molecule has 0 atom stereocenters. The summed E-state index contributed by atoms with van der Waals surface area (Å²) in [4.78, 5) is 23.1. The molecule has 0 radical (unpaired) electrons. The molecule has 5 aromatic rings. The summed E-state index contributed by atoms with van der Waals surface area (Å²) in [5.41, 5.74) is 9.53. The first-order valence-electron chi connectivity index (χ1n) is 14.2. The number of carbonyl (C=O) groups excluding carboxylic acids is 1. The van der Waals surface area contributed by atoms with Gasteiger partial charge in [-0.05, 0) is 48.4 Å². The molecule has 0 saturated heterocycles. The fourth-order valence-electron chi connectivity index (χ4n) is 4.91. The Balaban J connectivity index is 1.54. The van der Waals surface area contributed by atoms with E-state index in [2.05, 4.69) is 26.9 Å². The number of para-hydroxylation sites is 3. The van der Waals surface area contributed by atoms with Crippen LogP contribution in [0, 0.1) is 0 Å². The minimum atomic E-state index is -4.19. The number of benzene rings is 4. The minimum absolute atomic E-state index is 0.0110. The van der Waals surface area contributed by atoms with E-state index in [9.17, 15) is 13.2 Å². The number of methoxy groups -OCH3 is 2. The summed E-state index contributed by atoms with van der Waals surface area (Å²) < 4.78 is 41.2. The lowest BCUT2D eigenvalue weighted by atomic mass is 10.1. The summed E-state index contributed by atoms with van der Waals surface area (Å²) in [6.07, 6.45) is 1.67. The van der Waals surface area contributed by atoms with Crippen LogP contribution in [0.5, 0.6) is 11.5 Å². The molecule has 11 nitrogen and oxygen atoms in total. The van der Waals surface area contributed by atoms with Gasteiger partial charge in [0.2, 0.25) is 5.91 Å². The maximum atomic E-state index is 13.9. The summed E-state index contributed by atoms with van der Waals surface area (Å²) in [6, 6.07) is 26.3. The first-order chi connectivity index (χ1) is 21.7. The van der Waals surface area contributed by atoms with Crippen molar-refractivity contribution in [1.82, 2.24) is 9.97 Å². The van der Waals surface area contributed by atoms with Crippen molar-refractivity contribution in [2.75, 3.05) is 35.7 Å². The van der Waals surface area contributed by atoms with E-state index in [-0.39, 0.29) is 23.1 Å². The fourth-order valence-corrected chi connectivity index (χ4v) is 5.95. The highest BCUT2D eigenvalue weighted by atomic mass is 32.2. The standard InChI is InChI=1S/C33H34N6O5S/c1-4-10-22-11-5-8-16-30(22)39(21-31(34)40)24-12-9-13-27(19-24)45(41,42)38-33-32(36-28-14-6-7-15-29(28)37-33)35-23-17-25(43-2)20-26(18-23)44-3/h5-9,11-20H,4,10,21H2,1-3H3,(H2,34,40)(H,35,36)(H,37,38). The Morgan fingerprint density at radius 2 is 1.49 bits per heavy atom. The number of nitrogens with one attached hydrogen (secondary N) is 2. The predicted molar refractivity (Wildman–Crippen MR) is 176 cm³/mol. The van der Waals surface area contributed by atoms with Gasteiger partial charge >= 0.3 is 0 Å². The number of hydrogen-bond donors (Lipinski definition) is 3. The van der Waals surface area contributed by atoms with Crippen molar-refractivity contribution in [3.8, 4) is 11.5 Å².